The summed E-state index contributed by atoms with van der Waals surface area (Å²) in [6, 6.07) is 8.77. The molecule has 2 rings (SSSR count). The van der Waals surface area contributed by atoms with Crippen molar-refractivity contribution in [3.05, 3.63) is 49.6 Å². The van der Waals surface area contributed by atoms with Crippen molar-refractivity contribution in [2.45, 2.75) is 26.8 Å². The molecule has 2 aromatic rings. The van der Waals surface area contributed by atoms with Crippen molar-refractivity contribution in [3.63, 3.8) is 0 Å². The van der Waals surface area contributed by atoms with Crippen LogP contribution in [0.25, 0.3) is 0 Å². The molecule has 1 aromatic carbocycles. The van der Waals surface area contributed by atoms with E-state index in [2.05, 4.69) is 60.2 Å². The zero-order valence-electron chi connectivity index (χ0n) is 12.3. The second-order valence-corrected chi connectivity index (χ2v) is 6.93. The minimum absolute atomic E-state index is 0.237. The summed E-state index contributed by atoms with van der Waals surface area (Å²) in [5.41, 5.74) is 2.61. The lowest BCUT2D eigenvalue weighted by molar-refractivity contribution is 0.412. The molecule has 0 saturated carbocycles. The van der Waals surface area contributed by atoms with E-state index >= 15 is 0 Å². The minimum atomic E-state index is 0.237. The van der Waals surface area contributed by atoms with E-state index in [0.717, 1.165) is 16.8 Å². The highest BCUT2D eigenvalue weighted by molar-refractivity contribution is 9.10. The van der Waals surface area contributed by atoms with Gasteiger partial charge in [0.1, 0.15) is 5.75 Å². The predicted octanol–water partition coefficient (Wildman–Crippen LogP) is 4.83. The molecule has 20 heavy (non-hydrogen) atoms. The number of rotatable bonds is 5. The largest absolute Gasteiger partial charge is 0.496 e. The number of halogens is 1. The van der Waals surface area contributed by atoms with Gasteiger partial charge < -0.3 is 10.1 Å². The Bertz CT molecular complexity index is 594. The molecule has 1 N–H and O–H groups in total. The molecule has 0 aliphatic rings. The Morgan fingerprint density at radius 2 is 2.05 bits per heavy atom. The fourth-order valence-corrected chi connectivity index (χ4v) is 4.07. The molecular formula is C16H20BrNOS. The maximum absolute atomic E-state index is 5.31. The lowest BCUT2D eigenvalue weighted by Gasteiger charge is -2.19. The highest BCUT2D eigenvalue weighted by Gasteiger charge is 2.18. The Hall–Kier alpha value is -0.840. The number of thiophene rings is 1. The molecule has 0 radical (unpaired) electrons. The van der Waals surface area contributed by atoms with Crippen molar-refractivity contribution in [3.8, 4) is 5.75 Å². The van der Waals surface area contributed by atoms with E-state index in [9.17, 15) is 0 Å². The number of hydrogen-bond donors (Lipinski definition) is 1. The molecule has 0 amide bonds. The molecule has 1 atom stereocenters. The maximum atomic E-state index is 5.31. The number of benzene rings is 1. The van der Waals surface area contributed by atoms with Crippen LogP contribution < -0.4 is 10.1 Å². The lowest BCUT2D eigenvalue weighted by atomic mass is 10.0. The van der Waals surface area contributed by atoms with Gasteiger partial charge in [-0.2, -0.15) is 0 Å². The Morgan fingerprint density at radius 1 is 1.30 bits per heavy atom. The minimum Gasteiger partial charge on any atom is -0.496 e. The molecule has 0 aliphatic carbocycles. The molecular weight excluding hydrogens is 334 g/mol. The van der Waals surface area contributed by atoms with E-state index in [1.807, 2.05) is 17.4 Å². The number of methoxy groups -OCH3 is 1. The summed E-state index contributed by atoms with van der Waals surface area (Å²) >= 11 is 5.44. The number of nitrogens with one attached hydrogen (secondary N) is 1. The average Bonchev–Trinajstić information content (AvgIpc) is 2.74. The first kappa shape index (κ1) is 15.5. The summed E-state index contributed by atoms with van der Waals surface area (Å²) in [5, 5.41) is 3.58. The van der Waals surface area contributed by atoms with E-state index in [-0.39, 0.29) is 6.04 Å². The van der Waals surface area contributed by atoms with Gasteiger partial charge in [-0.15, -0.1) is 11.3 Å². The fraction of sp³-hybridized carbons (Fsp3) is 0.375. The summed E-state index contributed by atoms with van der Waals surface area (Å²) in [6.45, 7) is 7.42. The van der Waals surface area contributed by atoms with Crippen LogP contribution in [0.3, 0.4) is 0 Å². The van der Waals surface area contributed by atoms with Crippen LogP contribution in [-0.4, -0.2) is 13.7 Å². The Labute approximate surface area is 133 Å². The van der Waals surface area contributed by atoms with Gasteiger partial charge in [0.15, 0.2) is 0 Å². The van der Waals surface area contributed by atoms with Crippen LogP contribution in [-0.2, 0) is 0 Å². The summed E-state index contributed by atoms with van der Waals surface area (Å²) < 4.78 is 6.30. The molecule has 108 valence electrons. The zero-order chi connectivity index (χ0) is 14.7. The fourth-order valence-electron chi connectivity index (χ4n) is 2.37. The molecule has 0 saturated heterocycles. The van der Waals surface area contributed by atoms with Crippen LogP contribution in [0.15, 0.2) is 28.7 Å². The summed E-state index contributed by atoms with van der Waals surface area (Å²) in [7, 11) is 1.69. The highest BCUT2D eigenvalue weighted by atomic mass is 79.9. The first-order chi connectivity index (χ1) is 9.56. The molecule has 2 nitrogen and oxygen atoms in total. The first-order valence-corrected chi connectivity index (χ1v) is 8.31. The van der Waals surface area contributed by atoms with Gasteiger partial charge in [0.25, 0.3) is 0 Å². The van der Waals surface area contributed by atoms with Crippen LogP contribution in [0.5, 0.6) is 5.75 Å². The topological polar surface area (TPSA) is 21.3 Å². The van der Waals surface area contributed by atoms with E-state index in [4.69, 9.17) is 4.74 Å². The van der Waals surface area contributed by atoms with E-state index < -0.39 is 0 Å². The van der Waals surface area contributed by atoms with Crippen molar-refractivity contribution in [1.29, 1.82) is 0 Å². The number of ether oxygens (including phenoxy) is 1. The van der Waals surface area contributed by atoms with Gasteiger partial charge in [-0.25, -0.2) is 0 Å². The van der Waals surface area contributed by atoms with Crippen LogP contribution in [0.2, 0.25) is 0 Å². The van der Waals surface area contributed by atoms with Gasteiger partial charge >= 0.3 is 0 Å². The average molecular weight is 354 g/mol. The SMILES string of the molecule is CCNC(c1ccc(OC)c(Br)c1)c1sc(C)cc1C. The van der Waals surface area contributed by atoms with Gasteiger partial charge in [0.05, 0.1) is 17.6 Å². The Kier molecular flexibility index (Phi) is 5.24. The van der Waals surface area contributed by atoms with Crippen molar-refractivity contribution in [2.75, 3.05) is 13.7 Å². The van der Waals surface area contributed by atoms with Crippen LogP contribution in [0, 0.1) is 13.8 Å². The number of hydrogen-bond acceptors (Lipinski definition) is 3. The number of aryl methyl sites for hydroxylation is 2. The van der Waals surface area contributed by atoms with Gasteiger partial charge in [-0.1, -0.05) is 13.0 Å². The Morgan fingerprint density at radius 3 is 2.55 bits per heavy atom. The van der Waals surface area contributed by atoms with Crippen LogP contribution in [0.1, 0.15) is 33.8 Å². The quantitative estimate of drug-likeness (QED) is 0.830. The van der Waals surface area contributed by atoms with Gasteiger partial charge in [0, 0.05) is 9.75 Å². The molecule has 0 aliphatic heterocycles. The normalized spacial score (nSPS) is 12.4. The van der Waals surface area contributed by atoms with Gasteiger partial charge in [-0.05, 0) is 65.6 Å². The first-order valence-electron chi connectivity index (χ1n) is 6.70. The molecule has 0 spiro atoms. The second-order valence-electron chi connectivity index (χ2n) is 4.79. The Balaban J connectivity index is 2.43. The second kappa shape index (κ2) is 6.74. The van der Waals surface area contributed by atoms with Crippen LogP contribution >= 0.6 is 27.3 Å². The summed E-state index contributed by atoms with van der Waals surface area (Å²) in [5.74, 6) is 0.864. The monoisotopic (exact) mass is 353 g/mol. The summed E-state index contributed by atoms with van der Waals surface area (Å²) in [4.78, 5) is 2.74. The third-order valence-electron chi connectivity index (χ3n) is 3.26. The lowest BCUT2D eigenvalue weighted by Crippen LogP contribution is -2.21. The third-order valence-corrected chi connectivity index (χ3v) is 5.10. The maximum Gasteiger partial charge on any atom is 0.133 e. The van der Waals surface area contributed by atoms with Crippen molar-refractivity contribution < 1.29 is 4.74 Å². The van der Waals surface area contributed by atoms with Crippen molar-refractivity contribution in [1.82, 2.24) is 5.32 Å². The summed E-state index contributed by atoms with van der Waals surface area (Å²) in [6.07, 6.45) is 0. The van der Waals surface area contributed by atoms with E-state index in [1.54, 1.807) is 7.11 Å². The van der Waals surface area contributed by atoms with Gasteiger partial charge in [-0.3, -0.25) is 0 Å². The molecule has 0 fully saturated rings. The molecule has 4 heteroatoms. The van der Waals surface area contributed by atoms with Gasteiger partial charge in [0.2, 0.25) is 0 Å². The molecule has 1 aromatic heterocycles. The van der Waals surface area contributed by atoms with E-state index in [1.165, 1.54) is 20.9 Å². The van der Waals surface area contributed by atoms with Crippen molar-refractivity contribution >= 4 is 27.3 Å². The molecule has 1 unspecified atom stereocenters. The van der Waals surface area contributed by atoms with Crippen LogP contribution in [0.4, 0.5) is 0 Å². The predicted molar refractivity (Wildman–Crippen MR) is 90.0 cm³/mol. The standard InChI is InChI=1S/C16H20BrNOS/c1-5-18-15(16-10(2)8-11(3)20-16)12-6-7-14(19-4)13(17)9-12/h6-9,15,18H,5H2,1-4H3. The zero-order valence-corrected chi connectivity index (χ0v) is 14.7. The van der Waals surface area contributed by atoms with E-state index in [0.29, 0.717) is 0 Å². The molecule has 0 bridgehead atoms. The van der Waals surface area contributed by atoms with Crippen molar-refractivity contribution in [2.24, 2.45) is 0 Å². The smallest absolute Gasteiger partial charge is 0.133 e. The highest BCUT2D eigenvalue weighted by Crippen LogP contribution is 2.35. The third kappa shape index (κ3) is 3.25. The molecule has 1 heterocycles.